The molecule has 0 saturated carbocycles. The topological polar surface area (TPSA) is 83.5 Å². The van der Waals surface area contributed by atoms with Crippen molar-refractivity contribution in [3.8, 4) is 0 Å². The quantitative estimate of drug-likeness (QED) is 0.699. The van der Waals surface area contributed by atoms with Crippen LogP contribution in [0.5, 0.6) is 0 Å². The fourth-order valence-electron chi connectivity index (χ4n) is 2.65. The summed E-state index contributed by atoms with van der Waals surface area (Å²) in [6.45, 7) is 0. The number of fused-ring (bicyclic) bond motifs is 1. The number of amides is 1. The van der Waals surface area contributed by atoms with Crippen LogP contribution in [0, 0.1) is 0 Å². The van der Waals surface area contributed by atoms with Crippen LogP contribution in [0.25, 0.3) is 10.8 Å². The van der Waals surface area contributed by atoms with Gasteiger partial charge in [-0.15, -0.1) is 0 Å². The first kappa shape index (κ1) is 17.8. The lowest BCUT2D eigenvalue weighted by atomic mass is 10.1. The molecule has 5 nitrogen and oxygen atoms in total. The van der Waals surface area contributed by atoms with Crippen LogP contribution >= 0.6 is 0 Å². The molecular weight excluding hydrogens is 350 g/mol. The predicted molar refractivity (Wildman–Crippen MR) is 103 cm³/mol. The highest BCUT2D eigenvalue weighted by Crippen LogP contribution is 2.22. The SMILES string of the molecule is O=C(CS(=O)Cc1ccc(C(=O)O)cc1)Nc1cccc2ccccc12. The molecule has 132 valence electrons. The van der Waals surface area contributed by atoms with Gasteiger partial charge in [0, 0.05) is 27.6 Å². The minimum atomic E-state index is -1.39. The second-order valence-electron chi connectivity index (χ2n) is 5.81. The molecule has 0 heterocycles. The summed E-state index contributed by atoms with van der Waals surface area (Å²) in [5.74, 6) is -1.25. The molecule has 3 rings (SSSR count). The zero-order valence-electron chi connectivity index (χ0n) is 13.8. The van der Waals surface area contributed by atoms with Crippen LogP contribution in [0.1, 0.15) is 15.9 Å². The zero-order valence-corrected chi connectivity index (χ0v) is 14.7. The van der Waals surface area contributed by atoms with E-state index < -0.39 is 16.8 Å². The summed E-state index contributed by atoms with van der Waals surface area (Å²) in [5.41, 5.74) is 1.59. The van der Waals surface area contributed by atoms with E-state index in [1.54, 1.807) is 12.1 Å². The van der Waals surface area contributed by atoms with Crippen molar-refractivity contribution in [3.05, 3.63) is 77.9 Å². The van der Waals surface area contributed by atoms with Crippen molar-refractivity contribution >= 4 is 39.1 Å². The Labute approximate surface area is 153 Å². The molecule has 0 spiro atoms. The predicted octanol–water partition coefficient (Wildman–Crippen LogP) is 3.43. The van der Waals surface area contributed by atoms with Gasteiger partial charge in [-0.25, -0.2) is 4.79 Å². The lowest BCUT2D eigenvalue weighted by Crippen LogP contribution is -2.20. The van der Waals surface area contributed by atoms with E-state index in [4.69, 9.17) is 5.11 Å². The van der Waals surface area contributed by atoms with Crippen LogP contribution in [0.3, 0.4) is 0 Å². The molecule has 0 aliphatic rings. The van der Waals surface area contributed by atoms with Gasteiger partial charge >= 0.3 is 5.97 Å². The number of rotatable bonds is 6. The molecule has 6 heteroatoms. The molecule has 2 N–H and O–H groups in total. The average Bonchev–Trinajstić information content (AvgIpc) is 2.62. The largest absolute Gasteiger partial charge is 0.478 e. The number of carboxylic acids is 1. The van der Waals surface area contributed by atoms with Gasteiger partial charge in [-0.2, -0.15) is 0 Å². The highest BCUT2D eigenvalue weighted by Gasteiger charge is 2.11. The number of hydrogen-bond donors (Lipinski definition) is 2. The number of benzene rings is 3. The van der Waals surface area contributed by atoms with Crippen molar-refractivity contribution in [2.75, 3.05) is 11.1 Å². The second-order valence-corrected chi connectivity index (χ2v) is 7.26. The van der Waals surface area contributed by atoms with Crippen LogP contribution in [-0.2, 0) is 21.3 Å². The third-order valence-corrected chi connectivity index (χ3v) is 5.12. The lowest BCUT2D eigenvalue weighted by Gasteiger charge is -2.09. The van der Waals surface area contributed by atoms with E-state index in [0.29, 0.717) is 5.69 Å². The minimum Gasteiger partial charge on any atom is -0.478 e. The van der Waals surface area contributed by atoms with E-state index >= 15 is 0 Å². The first-order chi connectivity index (χ1) is 12.5. The molecule has 0 aliphatic heterocycles. The van der Waals surface area contributed by atoms with Gasteiger partial charge in [-0.1, -0.05) is 48.5 Å². The molecule has 0 radical (unpaired) electrons. The molecule has 1 atom stereocenters. The number of carbonyl (C=O) groups is 2. The van der Waals surface area contributed by atoms with Crippen LogP contribution < -0.4 is 5.32 Å². The Bertz CT molecular complexity index is 977. The summed E-state index contributed by atoms with van der Waals surface area (Å²) in [6, 6.07) is 19.5. The fraction of sp³-hybridized carbons (Fsp3) is 0.100. The van der Waals surface area contributed by atoms with Gasteiger partial charge in [0.25, 0.3) is 0 Å². The highest BCUT2D eigenvalue weighted by molar-refractivity contribution is 7.84. The summed E-state index contributed by atoms with van der Waals surface area (Å²) < 4.78 is 12.2. The van der Waals surface area contributed by atoms with Crippen molar-refractivity contribution in [1.29, 1.82) is 0 Å². The van der Waals surface area contributed by atoms with Crippen LogP contribution in [0.15, 0.2) is 66.7 Å². The third-order valence-electron chi connectivity index (χ3n) is 3.88. The summed E-state index contributed by atoms with van der Waals surface area (Å²) in [6.07, 6.45) is 0. The number of nitrogens with one attached hydrogen (secondary N) is 1. The van der Waals surface area contributed by atoms with Crippen LogP contribution in [0.2, 0.25) is 0 Å². The van der Waals surface area contributed by atoms with Crippen molar-refractivity contribution in [2.45, 2.75) is 5.75 Å². The first-order valence-corrected chi connectivity index (χ1v) is 9.46. The normalized spacial score (nSPS) is 11.8. The molecule has 1 unspecified atom stereocenters. The standard InChI is InChI=1S/C20H17NO4S/c22-19(21-18-7-3-5-15-4-1-2-6-17(15)18)13-26(25)12-14-8-10-16(11-9-14)20(23)24/h1-11H,12-13H2,(H,21,22)(H,23,24). The summed E-state index contributed by atoms with van der Waals surface area (Å²) in [7, 11) is -1.39. The van der Waals surface area contributed by atoms with Gasteiger partial charge in [-0.05, 0) is 29.1 Å². The Balaban J connectivity index is 1.62. The van der Waals surface area contributed by atoms with Gasteiger partial charge < -0.3 is 10.4 Å². The monoisotopic (exact) mass is 367 g/mol. The van der Waals surface area contributed by atoms with Crippen molar-refractivity contribution in [1.82, 2.24) is 0 Å². The molecule has 0 bridgehead atoms. The molecule has 0 fully saturated rings. The van der Waals surface area contributed by atoms with Crippen LogP contribution in [0.4, 0.5) is 5.69 Å². The number of anilines is 1. The molecule has 3 aromatic rings. The van der Waals surface area contributed by atoms with Crippen molar-refractivity contribution in [2.24, 2.45) is 0 Å². The maximum absolute atomic E-state index is 12.2. The van der Waals surface area contributed by atoms with Gasteiger partial charge in [0.1, 0.15) is 5.75 Å². The van der Waals surface area contributed by atoms with E-state index in [0.717, 1.165) is 16.3 Å². The van der Waals surface area contributed by atoms with E-state index in [1.807, 2.05) is 42.5 Å². The molecular formula is C20H17NO4S. The fourth-order valence-corrected chi connectivity index (χ4v) is 3.68. The minimum absolute atomic E-state index is 0.121. The maximum atomic E-state index is 12.2. The highest BCUT2D eigenvalue weighted by atomic mass is 32.2. The Morgan fingerprint density at radius 3 is 2.35 bits per heavy atom. The Kier molecular flexibility index (Phi) is 5.43. The smallest absolute Gasteiger partial charge is 0.335 e. The maximum Gasteiger partial charge on any atom is 0.335 e. The molecule has 26 heavy (non-hydrogen) atoms. The number of carbonyl (C=O) groups excluding carboxylic acids is 1. The Morgan fingerprint density at radius 2 is 1.62 bits per heavy atom. The molecule has 0 aromatic heterocycles. The Morgan fingerprint density at radius 1 is 0.923 bits per heavy atom. The van der Waals surface area contributed by atoms with Gasteiger partial charge in [0.15, 0.2) is 0 Å². The lowest BCUT2D eigenvalue weighted by molar-refractivity contribution is -0.113. The zero-order chi connectivity index (χ0) is 18.5. The van der Waals surface area contributed by atoms with Gasteiger partial charge in [0.05, 0.1) is 5.56 Å². The molecule has 0 saturated heterocycles. The summed E-state index contributed by atoms with van der Waals surface area (Å²) in [5, 5.41) is 13.6. The van der Waals surface area contributed by atoms with Crippen molar-refractivity contribution in [3.63, 3.8) is 0 Å². The number of aromatic carboxylic acids is 1. The van der Waals surface area contributed by atoms with E-state index in [9.17, 15) is 13.8 Å². The summed E-state index contributed by atoms with van der Waals surface area (Å²) >= 11 is 0. The first-order valence-electron chi connectivity index (χ1n) is 7.98. The average molecular weight is 367 g/mol. The Hall–Kier alpha value is -2.99. The van der Waals surface area contributed by atoms with Gasteiger partial charge in [-0.3, -0.25) is 9.00 Å². The molecule has 3 aromatic carbocycles. The van der Waals surface area contributed by atoms with E-state index in [-0.39, 0.29) is 23.0 Å². The molecule has 1 amide bonds. The van der Waals surface area contributed by atoms with E-state index in [1.165, 1.54) is 12.1 Å². The van der Waals surface area contributed by atoms with Crippen LogP contribution in [-0.4, -0.2) is 26.9 Å². The number of carboxylic acid groups (broad SMARTS) is 1. The number of hydrogen-bond acceptors (Lipinski definition) is 3. The summed E-state index contributed by atoms with van der Waals surface area (Å²) in [4.78, 5) is 23.1. The molecule has 0 aliphatic carbocycles. The van der Waals surface area contributed by atoms with E-state index in [2.05, 4.69) is 5.32 Å². The van der Waals surface area contributed by atoms with Gasteiger partial charge in [0.2, 0.25) is 5.91 Å². The third kappa shape index (κ3) is 4.34. The second kappa shape index (κ2) is 7.93. The van der Waals surface area contributed by atoms with Crippen molar-refractivity contribution < 1.29 is 18.9 Å².